The zero-order chi connectivity index (χ0) is 12.5. The van der Waals surface area contributed by atoms with E-state index in [0.29, 0.717) is 11.4 Å². The Balaban J connectivity index is 2.00. The van der Waals surface area contributed by atoms with Crippen LogP contribution in [0.5, 0.6) is 0 Å². The summed E-state index contributed by atoms with van der Waals surface area (Å²) in [5, 5.41) is 3.86. The molecule has 3 heteroatoms. The quantitative estimate of drug-likeness (QED) is 0.430. The smallest absolute Gasteiger partial charge is 0.0591 e. The van der Waals surface area contributed by atoms with Gasteiger partial charge in [0, 0.05) is 24.6 Å². The molecule has 0 spiro atoms. The summed E-state index contributed by atoms with van der Waals surface area (Å²) in [6.45, 7) is 7.09. The normalized spacial score (nSPS) is 26.1. The van der Waals surface area contributed by atoms with E-state index in [-0.39, 0.29) is 0 Å². The summed E-state index contributed by atoms with van der Waals surface area (Å²) in [6, 6.07) is 0.493. The standard InChI is InChI=1S/C14H28ClNO/c1-12(2)8-10-17-11-9-16-14-7-5-3-4-6-13(14)15/h12-14,16H,3-11H2,1-2H3. The Hall–Kier alpha value is 0.210. The van der Waals surface area contributed by atoms with Gasteiger partial charge in [-0.05, 0) is 25.2 Å². The maximum Gasteiger partial charge on any atom is 0.0591 e. The number of rotatable bonds is 7. The maximum atomic E-state index is 6.37. The highest BCUT2D eigenvalue weighted by atomic mass is 35.5. The molecule has 1 fully saturated rings. The fraction of sp³-hybridized carbons (Fsp3) is 1.00. The van der Waals surface area contributed by atoms with Gasteiger partial charge < -0.3 is 10.1 Å². The van der Waals surface area contributed by atoms with E-state index in [2.05, 4.69) is 19.2 Å². The Kier molecular flexibility index (Phi) is 8.25. The molecule has 1 rings (SSSR count). The first-order valence-corrected chi connectivity index (χ1v) is 7.59. The molecule has 1 saturated carbocycles. The first-order chi connectivity index (χ1) is 8.20. The highest BCUT2D eigenvalue weighted by molar-refractivity contribution is 6.21. The second-order valence-electron chi connectivity index (χ2n) is 5.51. The molecule has 1 aliphatic rings. The van der Waals surface area contributed by atoms with Crippen molar-refractivity contribution in [2.45, 2.75) is 63.8 Å². The van der Waals surface area contributed by atoms with Gasteiger partial charge >= 0.3 is 0 Å². The number of halogens is 1. The van der Waals surface area contributed by atoms with Crippen molar-refractivity contribution in [3.63, 3.8) is 0 Å². The maximum absolute atomic E-state index is 6.37. The van der Waals surface area contributed by atoms with E-state index in [1.165, 1.54) is 25.7 Å². The highest BCUT2D eigenvalue weighted by Gasteiger charge is 2.20. The lowest BCUT2D eigenvalue weighted by Crippen LogP contribution is -2.38. The molecule has 17 heavy (non-hydrogen) atoms. The Morgan fingerprint density at radius 2 is 1.94 bits per heavy atom. The average Bonchev–Trinajstić information content (AvgIpc) is 2.48. The number of alkyl halides is 1. The van der Waals surface area contributed by atoms with Crippen LogP contribution in [0.15, 0.2) is 0 Å². The predicted molar refractivity (Wildman–Crippen MR) is 74.8 cm³/mol. The average molecular weight is 262 g/mol. The van der Waals surface area contributed by atoms with Crippen LogP contribution in [0, 0.1) is 5.92 Å². The first-order valence-electron chi connectivity index (χ1n) is 7.15. The Bertz CT molecular complexity index is 187. The number of hydrogen-bond donors (Lipinski definition) is 1. The molecule has 0 heterocycles. The molecule has 0 aromatic carbocycles. The Labute approximate surface area is 111 Å². The van der Waals surface area contributed by atoms with Crippen molar-refractivity contribution in [1.29, 1.82) is 0 Å². The molecule has 1 aliphatic carbocycles. The molecule has 0 amide bonds. The molecule has 0 aromatic heterocycles. The molecule has 102 valence electrons. The molecule has 1 N–H and O–H groups in total. The van der Waals surface area contributed by atoms with Gasteiger partial charge in [0.15, 0.2) is 0 Å². The molecule has 2 unspecified atom stereocenters. The molecule has 0 aromatic rings. The lowest BCUT2D eigenvalue weighted by molar-refractivity contribution is 0.123. The second kappa shape index (κ2) is 9.18. The van der Waals surface area contributed by atoms with Crippen LogP contribution in [0.1, 0.15) is 52.4 Å². The van der Waals surface area contributed by atoms with Gasteiger partial charge in [-0.2, -0.15) is 0 Å². The van der Waals surface area contributed by atoms with Gasteiger partial charge in [0.05, 0.1) is 6.61 Å². The van der Waals surface area contributed by atoms with Gasteiger partial charge in [0.1, 0.15) is 0 Å². The minimum Gasteiger partial charge on any atom is -0.380 e. The second-order valence-corrected chi connectivity index (χ2v) is 6.07. The molecular weight excluding hydrogens is 234 g/mol. The van der Waals surface area contributed by atoms with E-state index in [4.69, 9.17) is 16.3 Å². The summed E-state index contributed by atoms with van der Waals surface area (Å²) in [5.41, 5.74) is 0. The van der Waals surface area contributed by atoms with Crippen LogP contribution in [0.25, 0.3) is 0 Å². The highest BCUT2D eigenvalue weighted by Crippen LogP contribution is 2.22. The number of ether oxygens (including phenoxy) is 1. The fourth-order valence-corrected chi connectivity index (χ4v) is 2.60. The fourth-order valence-electron chi connectivity index (χ4n) is 2.23. The van der Waals surface area contributed by atoms with Crippen LogP contribution in [0.3, 0.4) is 0 Å². The predicted octanol–water partition coefficient (Wildman–Crippen LogP) is 3.58. The third-order valence-corrected chi connectivity index (χ3v) is 3.95. The zero-order valence-corrected chi connectivity index (χ0v) is 12.1. The van der Waals surface area contributed by atoms with Crippen LogP contribution in [-0.4, -0.2) is 31.2 Å². The van der Waals surface area contributed by atoms with Crippen molar-refractivity contribution in [2.24, 2.45) is 5.92 Å². The van der Waals surface area contributed by atoms with Crippen molar-refractivity contribution in [2.75, 3.05) is 19.8 Å². The monoisotopic (exact) mass is 261 g/mol. The SMILES string of the molecule is CC(C)CCOCCNC1CCCCCC1Cl. The van der Waals surface area contributed by atoms with E-state index in [0.717, 1.165) is 38.5 Å². The van der Waals surface area contributed by atoms with E-state index < -0.39 is 0 Å². The van der Waals surface area contributed by atoms with Crippen molar-refractivity contribution in [3.8, 4) is 0 Å². The minimum absolute atomic E-state index is 0.313. The van der Waals surface area contributed by atoms with Gasteiger partial charge in [-0.1, -0.05) is 33.1 Å². The van der Waals surface area contributed by atoms with Gasteiger partial charge in [0.25, 0.3) is 0 Å². The van der Waals surface area contributed by atoms with Crippen LogP contribution in [0.2, 0.25) is 0 Å². The molecule has 2 atom stereocenters. The van der Waals surface area contributed by atoms with Gasteiger partial charge in [-0.15, -0.1) is 11.6 Å². The summed E-state index contributed by atoms with van der Waals surface area (Å²) in [7, 11) is 0. The third-order valence-electron chi connectivity index (χ3n) is 3.42. The zero-order valence-electron chi connectivity index (χ0n) is 11.4. The number of nitrogens with one attached hydrogen (secondary N) is 1. The summed E-state index contributed by atoms with van der Waals surface area (Å²) < 4.78 is 5.60. The van der Waals surface area contributed by atoms with E-state index in [9.17, 15) is 0 Å². The topological polar surface area (TPSA) is 21.3 Å². The lowest BCUT2D eigenvalue weighted by atomic mass is 10.1. The summed E-state index contributed by atoms with van der Waals surface area (Å²) >= 11 is 6.37. The van der Waals surface area contributed by atoms with E-state index in [1.54, 1.807) is 0 Å². The third kappa shape index (κ3) is 7.28. The van der Waals surface area contributed by atoms with Crippen LogP contribution < -0.4 is 5.32 Å². The van der Waals surface area contributed by atoms with Crippen molar-refractivity contribution in [1.82, 2.24) is 5.32 Å². The molecule has 2 nitrogen and oxygen atoms in total. The molecule has 0 saturated heterocycles. The van der Waals surface area contributed by atoms with Gasteiger partial charge in [-0.3, -0.25) is 0 Å². The molecule has 0 aliphatic heterocycles. The summed E-state index contributed by atoms with van der Waals surface area (Å²) in [4.78, 5) is 0. The summed E-state index contributed by atoms with van der Waals surface area (Å²) in [5.74, 6) is 0.733. The van der Waals surface area contributed by atoms with Crippen LogP contribution >= 0.6 is 11.6 Å². The van der Waals surface area contributed by atoms with Crippen molar-refractivity contribution < 1.29 is 4.74 Å². The number of hydrogen-bond acceptors (Lipinski definition) is 2. The van der Waals surface area contributed by atoms with Gasteiger partial charge in [-0.25, -0.2) is 0 Å². The largest absolute Gasteiger partial charge is 0.380 e. The first kappa shape index (κ1) is 15.3. The van der Waals surface area contributed by atoms with E-state index >= 15 is 0 Å². The van der Waals surface area contributed by atoms with Crippen LogP contribution in [-0.2, 0) is 4.74 Å². The Morgan fingerprint density at radius 1 is 1.18 bits per heavy atom. The van der Waals surface area contributed by atoms with E-state index in [1.807, 2.05) is 0 Å². The van der Waals surface area contributed by atoms with Crippen molar-refractivity contribution in [3.05, 3.63) is 0 Å². The lowest BCUT2D eigenvalue weighted by Gasteiger charge is -2.21. The molecular formula is C14H28ClNO. The van der Waals surface area contributed by atoms with Gasteiger partial charge in [0.2, 0.25) is 0 Å². The molecule has 0 radical (unpaired) electrons. The Morgan fingerprint density at radius 3 is 2.71 bits per heavy atom. The van der Waals surface area contributed by atoms with Crippen LogP contribution in [0.4, 0.5) is 0 Å². The molecule has 0 bridgehead atoms. The minimum atomic E-state index is 0.313. The van der Waals surface area contributed by atoms with Crippen molar-refractivity contribution >= 4 is 11.6 Å². The summed E-state index contributed by atoms with van der Waals surface area (Å²) in [6.07, 6.45) is 7.48.